The van der Waals surface area contributed by atoms with E-state index in [0.717, 1.165) is 5.56 Å². The van der Waals surface area contributed by atoms with Crippen LogP contribution >= 0.6 is 0 Å². The summed E-state index contributed by atoms with van der Waals surface area (Å²) in [6, 6.07) is 12.0. The standard InChI is InChI=1S/C26H25N7O7/c1-2-27-26(36)32-20-17-21(30-12-29-20)33(13-31-17)23-19-18(39-25(40-19)14-7-4-3-5-8-14)16(38-23)11-37-22-15(24(34)35)9-6-10-28-22/h3-10,12,16,18,25,31H,2,11,13H2,1H3,(H,34,35)(H2,27,29,30,32,36)/t16?,18?,25-/m0/s1. The molecular formula is C26H25N7O7. The van der Waals surface area contributed by atoms with Crippen LogP contribution in [-0.2, 0) is 14.2 Å². The molecule has 1 fully saturated rings. The van der Waals surface area contributed by atoms with Gasteiger partial charge in [-0.1, -0.05) is 30.3 Å². The van der Waals surface area contributed by atoms with Crippen molar-refractivity contribution in [3.8, 4) is 5.88 Å². The van der Waals surface area contributed by atoms with E-state index in [2.05, 4.69) is 30.9 Å². The van der Waals surface area contributed by atoms with Gasteiger partial charge >= 0.3 is 12.0 Å². The fraction of sp³-hybridized carbons (Fsp3) is 0.269. The first kappa shape index (κ1) is 25.2. The van der Waals surface area contributed by atoms with Gasteiger partial charge in [0.25, 0.3) is 0 Å². The number of carbonyl (C=O) groups is 2. The Morgan fingerprint density at radius 2 is 2.00 bits per heavy atom. The second-order valence-electron chi connectivity index (χ2n) is 8.88. The molecule has 4 N–H and O–H groups in total. The van der Waals surface area contributed by atoms with Crippen molar-refractivity contribution in [2.75, 3.05) is 35.4 Å². The molecule has 0 spiro atoms. The number of urea groups is 1. The summed E-state index contributed by atoms with van der Waals surface area (Å²) in [5.41, 5.74) is 1.26. The minimum Gasteiger partial charge on any atom is -0.477 e. The van der Waals surface area contributed by atoms with E-state index in [1.165, 1.54) is 24.7 Å². The highest BCUT2D eigenvalue weighted by Crippen LogP contribution is 2.46. The number of carboxylic acids is 1. The van der Waals surface area contributed by atoms with Crippen molar-refractivity contribution in [3.05, 3.63) is 77.8 Å². The molecule has 1 aromatic carbocycles. The SMILES string of the molecule is CCNC(=O)Nc1ncnc2c1NCN2C1=C2O[C@@H](c3ccccc3)OC2C(COc2ncccc2C(=O)O)O1. The average Bonchev–Trinajstić information content (AvgIpc) is 3.67. The highest BCUT2D eigenvalue weighted by Gasteiger charge is 2.50. The summed E-state index contributed by atoms with van der Waals surface area (Å²) < 4.78 is 24.6. The van der Waals surface area contributed by atoms with E-state index in [1.807, 2.05) is 37.3 Å². The lowest BCUT2D eigenvalue weighted by atomic mass is 10.2. The van der Waals surface area contributed by atoms with Crippen molar-refractivity contribution in [1.29, 1.82) is 0 Å². The summed E-state index contributed by atoms with van der Waals surface area (Å²) in [5, 5.41) is 18.1. The molecule has 2 unspecified atom stereocenters. The van der Waals surface area contributed by atoms with Gasteiger partial charge in [0.05, 0.1) is 6.67 Å². The molecule has 0 radical (unpaired) electrons. The molecule has 3 atom stereocenters. The van der Waals surface area contributed by atoms with Gasteiger partial charge in [0, 0.05) is 18.3 Å². The number of pyridine rings is 1. The van der Waals surface area contributed by atoms with E-state index < -0.39 is 30.5 Å². The van der Waals surface area contributed by atoms with Crippen LogP contribution in [0.1, 0.15) is 29.1 Å². The van der Waals surface area contributed by atoms with E-state index in [1.54, 1.807) is 4.90 Å². The Balaban J connectivity index is 1.29. The molecule has 3 aliphatic rings. The number of aromatic carboxylic acids is 1. The van der Waals surface area contributed by atoms with Crippen molar-refractivity contribution >= 4 is 29.3 Å². The number of nitrogens with one attached hydrogen (secondary N) is 3. The van der Waals surface area contributed by atoms with Gasteiger partial charge in [0.1, 0.15) is 24.2 Å². The van der Waals surface area contributed by atoms with Crippen LogP contribution in [0.3, 0.4) is 0 Å². The van der Waals surface area contributed by atoms with Gasteiger partial charge in [0.2, 0.25) is 18.1 Å². The molecule has 14 nitrogen and oxygen atoms in total. The topological polar surface area (TPSA) is 169 Å². The number of amides is 2. The average molecular weight is 548 g/mol. The zero-order chi connectivity index (χ0) is 27.6. The first-order chi connectivity index (χ1) is 19.5. The summed E-state index contributed by atoms with van der Waals surface area (Å²) in [7, 11) is 0. The highest BCUT2D eigenvalue weighted by molar-refractivity contribution is 5.95. The van der Waals surface area contributed by atoms with Crippen LogP contribution in [0.15, 0.2) is 66.6 Å². The van der Waals surface area contributed by atoms with Gasteiger partial charge in [-0.3, -0.25) is 10.2 Å². The van der Waals surface area contributed by atoms with Crippen molar-refractivity contribution in [3.63, 3.8) is 0 Å². The quantitative estimate of drug-likeness (QED) is 0.326. The van der Waals surface area contributed by atoms with Crippen LogP contribution in [0, 0.1) is 0 Å². The number of rotatable bonds is 8. The predicted molar refractivity (Wildman–Crippen MR) is 139 cm³/mol. The molecule has 5 heterocycles. The third-order valence-corrected chi connectivity index (χ3v) is 6.34. The number of anilines is 3. The normalized spacial score (nSPS) is 20.6. The number of benzene rings is 1. The summed E-state index contributed by atoms with van der Waals surface area (Å²) in [6.07, 6.45) is 0.748. The lowest BCUT2D eigenvalue weighted by Gasteiger charge is -2.23. The van der Waals surface area contributed by atoms with Crippen LogP contribution < -0.4 is 25.6 Å². The second-order valence-corrected chi connectivity index (χ2v) is 8.88. The Kier molecular flexibility index (Phi) is 6.66. The zero-order valence-corrected chi connectivity index (χ0v) is 21.2. The molecule has 0 saturated carbocycles. The molecule has 0 bridgehead atoms. The maximum atomic E-state index is 12.1. The maximum Gasteiger partial charge on any atom is 0.341 e. The number of carboxylic acid groups (broad SMARTS) is 1. The molecule has 40 heavy (non-hydrogen) atoms. The Labute approximate surface area is 227 Å². The molecule has 1 saturated heterocycles. The number of hydrogen-bond donors (Lipinski definition) is 4. The summed E-state index contributed by atoms with van der Waals surface area (Å²) in [4.78, 5) is 38.1. The molecule has 6 rings (SSSR count). The van der Waals surface area contributed by atoms with Gasteiger partial charge in [-0.2, -0.15) is 0 Å². The van der Waals surface area contributed by atoms with Gasteiger partial charge in [0.15, 0.2) is 29.6 Å². The molecule has 3 aromatic rings. The largest absolute Gasteiger partial charge is 0.477 e. The minimum atomic E-state index is -1.16. The summed E-state index contributed by atoms with van der Waals surface area (Å²) in [6.45, 7) is 2.45. The number of fused-ring (bicyclic) bond motifs is 2. The lowest BCUT2D eigenvalue weighted by molar-refractivity contribution is -0.0980. The van der Waals surface area contributed by atoms with E-state index in [0.29, 0.717) is 35.5 Å². The zero-order valence-electron chi connectivity index (χ0n) is 21.2. The molecule has 2 amide bonds. The molecule has 0 aliphatic carbocycles. The Morgan fingerprint density at radius 1 is 1.15 bits per heavy atom. The van der Waals surface area contributed by atoms with E-state index in [-0.39, 0.29) is 24.7 Å². The minimum absolute atomic E-state index is 0.0332. The van der Waals surface area contributed by atoms with Crippen LogP contribution in [0.5, 0.6) is 5.88 Å². The first-order valence-electron chi connectivity index (χ1n) is 12.5. The number of hydrogen-bond acceptors (Lipinski definition) is 11. The third kappa shape index (κ3) is 4.64. The van der Waals surface area contributed by atoms with Crippen molar-refractivity contribution < 1.29 is 33.6 Å². The smallest absolute Gasteiger partial charge is 0.341 e. The molecule has 206 valence electrons. The van der Waals surface area contributed by atoms with Gasteiger partial charge in [-0.25, -0.2) is 24.5 Å². The second kappa shape index (κ2) is 10.6. The Hall–Kier alpha value is -5.11. The van der Waals surface area contributed by atoms with Crippen LogP contribution in [0.2, 0.25) is 0 Å². The highest BCUT2D eigenvalue weighted by atomic mass is 16.8. The maximum absolute atomic E-state index is 12.1. The van der Waals surface area contributed by atoms with Crippen molar-refractivity contribution in [1.82, 2.24) is 20.3 Å². The van der Waals surface area contributed by atoms with Gasteiger partial charge in [-0.05, 0) is 19.1 Å². The molecule has 14 heteroatoms. The van der Waals surface area contributed by atoms with Crippen molar-refractivity contribution in [2.24, 2.45) is 0 Å². The fourth-order valence-electron chi connectivity index (χ4n) is 4.55. The Morgan fingerprint density at radius 3 is 2.80 bits per heavy atom. The number of carbonyl (C=O) groups excluding carboxylic acids is 1. The van der Waals surface area contributed by atoms with Crippen molar-refractivity contribution in [2.45, 2.75) is 25.4 Å². The lowest BCUT2D eigenvalue weighted by Crippen LogP contribution is -2.32. The number of nitrogens with zero attached hydrogens (tertiary/aromatic N) is 4. The van der Waals surface area contributed by atoms with E-state index in [9.17, 15) is 14.7 Å². The van der Waals surface area contributed by atoms with Gasteiger partial charge in [-0.15, -0.1) is 0 Å². The summed E-state index contributed by atoms with van der Waals surface area (Å²) in [5.74, 6) is 0.374. The van der Waals surface area contributed by atoms with Gasteiger partial charge < -0.3 is 34.7 Å². The third-order valence-electron chi connectivity index (χ3n) is 6.34. The van der Waals surface area contributed by atoms with E-state index in [4.69, 9.17) is 18.9 Å². The predicted octanol–water partition coefficient (Wildman–Crippen LogP) is 2.66. The van der Waals surface area contributed by atoms with E-state index >= 15 is 0 Å². The molecular weight excluding hydrogens is 522 g/mol. The first-order valence-corrected chi connectivity index (χ1v) is 12.5. The van der Waals surface area contributed by atoms with Crippen LogP contribution in [0.4, 0.5) is 22.1 Å². The molecule has 3 aliphatic heterocycles. The van der Waals surface area contributed by atoms with Crippen LogP contribution in [-0.4, -0.2) is 64.1 Å². The van der Waals surface area contributed by atoms with Crippen LogP contribution in [0.25, 0.3) is 0 Å². The molecule has 2 aromatic heterocycles. The monoisotopic (exact) mass is 547 g/mol. The fourth-order valence-corrected chi connectivity index (χ4v) is 4.55. The Bertz CT molecular complexity index is 1470. The number of aromatic nitrogens is 3. The number of ether oxygens (including phenoxy) is 4. The summed E-state index contributed by atoms with van der Waals surface area (Å²) >= 11 is 0.